The molecule has 0 heterocycles. The molecule has 2 rings (SSSR count). The monoisotopic (exact) mass is 385 g/mol. The summed E-state index contributed by atoms with van der Waals surface area (Å²) in [5.41, 5.74) is 2.11. The Balaban J connectivity index is 2.06. The Bertz CT molecular complexity index is 572. The predicted molar refractivity (Wildman–Crippen MR) is 83.5 cm³/mol. The van der Waals surface area contributed by atoms with Gasteiger partial charge >= 0.3 is 0 Å². The molecule has 0 unspecified atom stereocenters. The molecule has 4 heteroatoms. The van der Waals surface area contributed by atoms with E-state index in [4.69, 9.17) is 0 Å². The molecule has 2 aromatic rings. The molecule has 0 saturated heterocycles. The number of rotatable bonds is 4. The van der Waals surface area contributed by atoms with Gasteiger partial charge in [0.25, 0.3) is 0 Å². The third-order valence-electron chi connectivity index (χ3n) is 2.98. The molecule has 0 aliphatic rings. The van der Waals surface area contributed by atoms with Gasteiger partial charge in [0.15, 0.2) is 0 Å². The lowest BCUT2D eigenvalue weighted by molar-refractivity contribution is 0.566. The summed E-state index contributed by atoms with van der Waals surface area (Å²) in [4.78, 5) is 0. The molecule has 0 radical (unpaired) electrons. The smallest absolute Gasteiger partial charge is 0.123 e. The molecule has 1 N–H and O–H groups in total. The molecule has 19 heavy (non-hydrogen) atoms. The van der Waals surface area contributed by atoms with Gasteiger partial charge in [0, 0.05) is 21.5 Å². The minimum atomic E-state index is -0.214. The summed E-state index contributed by atoms with van der Waals surface area (Å²) in [5.74, 6) is -0.214. The fourth-order valence-corrected chi connectivity index (χ4v) is 2.89. The van der Waals surface area contributed by atoms with E-state index in [-0.39, 0.29) is 11.9 Å². The fraction of sp³-hybridized carbons (Fsp3) is 0.200. The van der Waals surface area contributed by atoms with E-state index in [0.29, 0.717) is 6.54 Å². The number of benzene rings is 2. The van der Waals surface area contributed by atoms with E-state index in [2.05, 4.69) is 50.2 Å². The molecule has 2 aromatic carbocycles. The van der Waals surface area contributed by atoms with Crippen LogP contribution >= 0.6 is 31.9 Å². The molecule has 0 spiro atoms. The maximum absolute atomic E-state index is 13.2. The van der Waals surface area contributed by atoms with Gasteiger partial charge in [-0.3, -0.25) is 0 Å². The zero-order valence-corrected chi connectivity index (χ0v) is 13.6. The lowest BCUT2D eigenvalue weighted by Gasteiger charge is -2.16. The highest BCUT2D eigenvalue weighted by Crippen LogP contribution is 2.24. The van der Waals surface area contributed by atoms with E-state index in [9.17, 15) is 4.39 Å². The Morgan fingerprint density at radius 1 is 1.11 bits per heavy atom. The first-order chi connectivity index (χ1) is 9.08. The maximum Gasteiger partial charge on any atom is 0.123 e. The molecular weight excluding hydrogens is 373 g/mol. The topological polar surface area (TPSA) is 12.0 Å². The number of hydrogen-bond donors (Lipinski definition) is 1. The summed E-state index contributed by atoms with van der Waals surface area (Å²) in [6.45, 7) is 2.70. The van der Waals surface area contributed by atoms with Crippen molar-refractivity contribution >= 4 is 31.9 Å². The van der Waals surface area contributed by atoms with Crippen molar-refractivity contribution < 1.29 is 4.39 Å². The van der Waals surface area contributed by atoms with Crippen LogP contribution in [0.3, 0.4) is 0 Å². The summed E-state index contributed by atoms with van der Waals surface area (Å²) in [6.07, 6.45) is 0. The van der Waals surface area contributed by atoms with Crippen LogP contribution in [0, 0.1) is 5.82 Å². The van der Waals surface area contributed by atoms with Crippen LogP contribution in [0.25, 0.3) is 0 Å². The molecule has 1 nitrogen and oxygen atoms in total. The van der Waals surface area contributed by atoms with Crippen LogP contribution in [0.4, 0.5) is 4.39 Å². The van der Waals surface area contributed by atoms with Gasteiger partial charge in [-0.25, -0.2) is 4.39 Å². The van der Waals surface area contributed by atoms with Crippen molar-refractivity contribution in [3.05, 3.63) is 68.4 Å². The molecule has 0 bridgehead atoms. The average Bonchev–Trinajstić information content (AvgIpc) is 2.40. The first kappa shape index (κ1) is 14.7. The van der Waals surface area contributed by atoms with Crippen molar-refractivity contribution in [1.29, 1.82) is 0 Å². The predicted octanol–water partition coefficient (Wildman–Crippen LogP) is 5.20. The van der Waals surface area contributed by atoms with Crippen LogP contribution in [-0.2, 0) is 6.54 Å². The Morgan fingerprint density at radius 3 is 2.58 bits per heavy atom. The lowest BCUT2D eigenvalue weighted by Crippen LogP contribution is -2.18. The molecule has 0 aliphatic carbocycles. The summed E-state index contributed by atoms with van der Waals surface area (Å²) in [7, 11) is 0. The molecule has 0 aliphatic heterocycles. The SMILES string of the molecule is C[C@H](NCc1cc(F)ccc1Br)c1ccccc1Br. The zero-order valence-electron chi connectivity index (χ0n) is 10.5. The summed E-state index contributed by atoms with van der Waals surface area (Å²) in [5, 5.41) is 3.40. The van der Waals surface area contributed by atoms with Gasteiger partial charge in [-0.15, -0.1) is 0 Å². The molecular formula is C15H14Br2FN. The molecule has 1 atom stereocenters. The quantitative estimate of drug-likeness (QED) is 0.761. The highest BCUT2D eigenvalue weighted by Gasteiger charge is 2.09. The third kappa shape index (κ3) is 3.88. The van der Waals surface area contributed by atoms with Crippen molar-refractivity contribution in [3.63, 3.8) is 0 Å². The van der Waals surface area contributed by atoms with Crippen LogP contribution in [0.1, 0.15) is 24.1 Å². The minimum absolute atomic E-state index is 0.186. The third-order valence-corrected chi connectivity index (χ3v) is 4.47. The van der Waals surface area contributed by atoms with Gasteiger partial charge in [-0.1, -0.05) is 50.1 Å². The Morgan fingerprint density at radius 2 is 1.84 bits per heavy atom. The highest BCUT2D eigenvalue weighted by molar-refractivity contribution is 9.10. The van der Waals surface area contributed by atoms with Crippen molar-refractivity contribution in [1.82, 2.24) is 5.32 Å². The van der Waals surface area contributed by atoms with Crippen molar-refractivity contribution in [2.75, 3.05) is 0 Å². The van der Waals surface area contributed by atoms with E-state index in [0.717, 1.165) is 14.5 Å². The fourth-order valence-electron chi connectivity index (χ4n) is 1.88. The van der Waals surface area contributed by atoms with Crippen LogP contribution in [0.15, 0.2) is 51.4 Å². The molecule has 0 amide bonds. The van der Waals surface area contributed by atoms with Crippen molar-refractivity contribution in [3.8, 4) is 0 Å². The minimum Gasteiger partial charge on any atom is -0.306 e. The summed E-state index contributed by atoms with van der Waals surface area (Å²) in [6, 6.07) is 13.0. The lowest BCUT2D eigenvalue weighted by atomic mass is 10.1. The van der Waals surface area contributed by atoms with E-state index in [1.165, 1.54) is 11.6 Å². The number of nitrogens with one attached hydrogen (secondary N) is 1. The van der Waals surface area contributed by atoms with Gasteiger partial charge in [0.05, 0.1) is 0 Å². The van der Waals surface area contributed by atoms with E-state index in [1.54, 1.807) is 12.1 Å². The van der Waals surface area contributed by atoms with Crippen molar-refractivity contribution in [2.45, 2.75) is 19.5 Å². The van der Waals surface area contributed by atoms with Gasteiger partial charge in [-0.2, -0.15) is 0 Å². The largest absolute Gasteiger partial charge is 0.306 e. The summed E-state index contributed by atoms with van der Waals surface area (Å²) < 4.78 is 15.2. The second-order valence-electron chi connectivity index (χ2n) is 4.36. The highest BCUT2D eigenvalue weighted by atomic mass is 79.9. The molecule has 0 fully saturated rings. The molecule has 0 saturated carbocycles. The first-order valence-corrected chi connectivity index (χ1v) is 7.58. The number of hydrogen-bond acceptors (Lipinski definition) is 1. The average molecular weight is 387 g/mol. The second-order valence-corrected chi connectivity index (χ2v) is 6.07. The van der Waals surface area contributed by atoms with Crippen LogP contribution < -0.4 is 5.32 Å². The Hall–Kier alpha value is -0.710. The van der Waals surface area contributed by atoms with Gasteiger partial charge in [-0.05, 0) is 42.3 Å². The van der Waals surface area contributed by atoms with Crippen LogP contribution in [0.5, 0.6) is 0 Å². The number of halogens is 3. The maximum atomic E-state index is 13.2. The molecule has 0 aromatic heterocycles. The first-order valence-electron chi connectivity index (χ1n) is 5.99. The summed E-state index contributed by atoms with van der Waals surface area (Å²) >= 11 is 6.98. The standard InChI is InChI=1S/C15H14Br2FN/c1-10(13-4-2-3-5-15(13)17)19-9-11-8-12(18)6-7-14(11)16/h2-8,10,19H,9H2,1H3/t10-/m0/s1. The Kier molecular flexibility index (Phi) is 5.13. The van der Waals surface area contributed by atoms with E-state index < -0.39 is 0 Å². The normalized spacial score (nSPS) is 12.4. The van der Waals surface area contributed by atoms with Crippen LogP contribution in [-0.4, -0.2) is 0 Å². The Labute approximate surface area is 129 Å². The van der Waals surface area contributed by atoms with E-state index in [1.807, 2.05) is 18.2 Å². The van der Waals surface area contributed by atoms with Gasteiger partial charge in [0.1, 0.15) is 5.82 Å². The van der Waals surface area contributed by atoms with Gasteiger partial charge < -0.3 is 5.32 Å². The van der Waals surface area contributed by atoms with Crippen molar-refractivity contribution in [2.24, 2.45) is 0 Å². The van der Waals surface area contributed by atoms with Crippen LogP contribution in [0.2, 0.25) is 0 Å². The van der Waals surface area contributed by atoms with Gasteiger partial charge in [0.2, 0.25) is 0 Å². The zero-order chi connectivity index (χ0) is 13.8. The second kappa shape index (κ2) is 6.64. The molecule has 100 valence electrons. The van der Waals surface area contributed by atoms with E-state index >= 15 is 0 Å².